The SMILES string of the molecule is CSc1ccccc1Nc1nc(Cl)nc(Cl)c1Cl. The summed E-state index contributed by atoms with van der Waals surface area (Å²) in [5.74, 6) is 0.392. The Morgan fingerprint density at radius 3 is 2.56 bits per heavy atom. The van der Waals surface area contributed by atoms with Crippen LogP contribution in [0.5, 0.6) is 0 Å². The Morgan fingerprint density at radius 2 is 1.83 bits per heavy atom. The molecule has 0 aliphatic rings. The van der Waals surface area contributed by atoms with Gasteiger partial charge in [-0.1, -0.05) is 35.3 Å². The van der Waals surface area contributed by atoms with E-state index in [1.54, 1.807) is 11.8 Å². The van der Waals surface area contributed by atoms with Crippen LogP contribution in [0.4, 0.5) is 11.5 Å². The van der Waals surface area contributed by atoms with Gasteiger partial charge in [-0.05, 0) is 30.0 Å². The van der Waals surface area contributed by atoms with Gasteiger partial charge in [-0.2, -0.15) is 4.98 Å². The number of hydrogen-bond donors (Lipinski definition) is 1. The zero-order chi connectivity index (χ0) is 13.1. The molecular formula is C11H8Cl3N3S. The smallest absolute Gasteiger partial charge is 0.225 e. The number of thioether (sulfide) groups is 1. The van der Waals surface area contributed by atoms with Crippen molar-refractivity contribution in [3.8, 4) is 0 Å². The second-order valence-corrected chi connectivity index (χ2v) is 5.19. The minimum absolute atomic E-state index is 0.0496. The second-order valence-electron chi connectivity index (χ2n) is 3.27. The van der Waals surface area contributed by atoms with Crippen molar-refractivity contribution in [2.45, 2.75) is 4.90 Å². The molecule has 0 amide bonds. The summed E-state index contributed by atoms with van der Waals surface area (Å²) in [7, 11) is 0. The molecule has 0 fully saturated rings. The first-order chi connectivity index (χ1) is 8.61. The molecule has 1 N–H and O–H groups in total. The molecule has 1 aromatic carbocycles. The standard InChI is InChI=1S/C11H8Cl3N3S/c1-18-7-5-3-2-4-6(7)15-10-8(12)9(13)16-11(14)17-10/h2-5H,1H3,(H,15,16,17). The lowest BCUT2D eigenvalue weighted by Gasteiger charge is -2.11. The lowest BCUT2D eigenvalue weighted by atomic mass is 10.3. The average Bonchev–Trinajstić information content (AvgIpc) is 2.36. The molecule has 0 radical (unpaired) electrons. The first-order valence-corrected chi connectivity index (χ1v) is 7.26. The molecule has 7 heteroatoms. The van der Waals surface area contributed by atoms with Crippen molar-refractivity contribution in [2.24, 2.45) is 0 Å². The van der Waals surface area contributed by atoms with Crippen LogP contribution >= 0.6 is 46.6 Å². The Balaban J connectivity index is 2.40. The molecule has 2 rings (SSSR count). The van der Waals surface area contributed by atoms with E-state index in [0.717, 1.165) is 10.6 Å². The van der Waals surface area contributed by atoms with Gasteiger partial charge in [0.1, 0.15) is 5.02 Å². The molecule has 94 valence electrons. The number of rotatable bonds is 3. The zero-order valence-electron chi connectivity index (χ0n) is 9.25. The van der Waals surface area contributed by atoms with E-state index in [9.17, 15) is 0 Å². The molecular weight excluding hydrogens is 313 g/mol. The number of nitrogens with zero attached hydrogens (tertiary/aromatic N) is 2. The zero-order valence-corrected chi connectivity index (χ0v) is 12.3. The largest absolute Gasteiger partial charge is 0.338 e. The van der Waals surface area contributed by atoms with Gasteiger partial charge in [0.15, 0.2) is 11.0 Å². The number of anilines is 2. The fourth-order valence-corrected chi connectivity index (χ4v) is 2.42. The van der Waals surface area contributed by atoms with Crippen LogP contribution in [-0.2, 0) is 0 Å². The van der Waals surface area contributed by atoms with E-state index in [1.807, 2.05) is 30.5 Å². The maximum Gasteiger partial charge on any atom is 0.225 e. The molecule has 18 heavy (non-hydrogen) atoms. The normalized spacial score (nSPS) is 10.4. The highest BCUT2D eigenvalue weighted by molar-refractivity contribution is 7.98. The molecule has 0 atom stereocenters. The van der Waals surface area contributed by atoms with Crippen LogP contribution in [0.25, 0.3) is 0 Å². The van der Waals surface area contributed by atoms with E-state index in [-0.39, 0.29) is 15.5 Å². The van der Waals surface area contributed by atoms with E-state index in [0.29, 0.717) is 5.82 Å². The summed E-state index contributed by atoms with van der Waals surface area (Å²) in [6, 6.07) is 7.79. The molecule has 2 aromatic rings. The van der Waals surface area contributed by atoms with Crippen molar-refractivity contribution in [3.63, 3.8) is 0 Å². The number of halogens is 3. The summed E-state index contributed by atoms with van der Waals surface area (Å²) in [6.45, 7) is 0. The van der Waals surface area contributed by atoms with Crippen LogP contribution in [-0.4, -0.2) is 16.2 Å². The second kappa shape index (κ2) is 5.97. The molecule has 0 aliphatic carbocycles. The van der Waals surface area contributed by atoms with Crippen molar-refractivity contribution >= 4 is 58.1 Å². The lowest BCUT2D eigenvalue weighted by molar-refractivity contribution is 1.16. The number of nitrogens with one attached hydrogen (secondary N) is 1. The van der Waals surface area contributed by atoms with Crippen molar-refractivity contribution < 1.29 is 0 Å². The van der Waals surface area contributed by atoms with Gasteiger partial charge in [-0.15, -0.1) is 11.8 Å². The van der Waals surface area contributed by atoms with Crippen LogP contribution in [0.2, 0.25) is 15.5 Å². The fourth-order valence-electron chi connectivity index (χ4n) is 1.35. The quantitative estimate of drug-likeness (QED) is 0.496. The first kappa shape index (κ1) is 13.7. The summed E-state index contributed by atoms with van der Waals surface area (Å²) < 4.78 is 0. The highest BCUT2D eigenvalue weighted by Crippen LogP contribution is 2.33. The van der Waals surface area contributed by atoms with E-state index in [4.69, 9.17) is 34.8 Å². The molecule has 3 nitrogen and oxygen atoms in total. The molecule has 1 aromatic heterocycles. The molecule has 0 unspecified atom stereocenters. The Kier molecular flexibility index (Phi) is 4.56. The number of hydrogen-bond acceptors (Lipinski definition) is 4. The van der Waals surface area contributed by atoms with Gasteiger partial charge in [0.2, 0.25) is 5.28 Å². The Hall–Kier alpha value is -0.680. The highest BCUT2D eigenvalue weighted by Gasteiger charge is 2.11. The summed E-state index contributed by atoms with van der Waals surface area (Å²) in [6.07, 6.45) is 1.99. The summed E-state index contributed by atoms with van der Waals surface area (Å²) >= 11 is 19.2. The predicted octanol–water partition coefficient (Wildman–Crippen LogP) is 4.90. The van der Waals surface area contributed by atoms with Gasteiger partial charge < -0.3 is 5.32 Å². The van der Waals surface area contributed by atoms with E-state index in [2.05, 4.69) is 15.3 Å². The van der Waals surface area contributed by atoms with E-state index in [1.165, 1.54) is 0 Å². The molecule has 0 bridgehead atoms. The molecule has 0 saturated heterocycles. The third-order valence-corrected chi connectivity index (χ3v) is 3.84. The minimum atomic E-state index is 0.0496. The predicted molar refractivity (Wildman–Crippen MR) is 78.6 cm³/mol. The number of benzene rings is 1. The maximum absolute atomic E-state index is 6.03. The molecule has 0 saturated carbocycles. The van der Waals surface area contributed by atoms with Crippen LogP contribution in [0.15, 0.2) is 29.2 Å². The lowest BCUT2D eigenvalue weighted by Crippen LogP contribution is -1.98. The number of aromatic nitrogens is 2. The van der Waals surface area contributed by atoms with Gasteiger partial charge in [-0.3, -0.25) is 0 Å². The maximum atomic E-state index is 6.03. The van der Waals surface area contributed by atoms with Crippen molar-refractivity contribution in [2.75, 3.05) is 11.6 Å². The Labute approximate surface area is 124 Å². The van der Waals surface area contributed by atoms with Crippen molar-refractivity contribution in [3.05, 3.63) is 39.7 Å². The summed E-state index contributed by atoms with van der Waals surface area (Å²) in [5.41, 5.74) is 0.887. The minimum Gasteiger partial charge on any atom is -0.338 e. The van der Waals surface area contributed by atoms with Gasteiger partial charge in [0.25, 0.3) is 0 Å². The van der Waals surface area contributed by atoms with Crippen LogP contribution in [0, 0.1) is 0 Å². The first-order valence-electron chi connectivity index (χ1n) is 4.90. The van der Waals surface area contributed by atoms with Crippen LogP contribution < -0.4 is 5.32 Å². The van der Waals surface area contributed by atoms with E-state index < -0.39 is 0 Å². The monoisotopic (exact) mass is 319 g/mol. The highest BCUT2D eigenvalue weighted by atomic mass is 35.5. The van der Waals surface area contributed by atoms with Gasteiger partial charge in [0, 0.05) is 4.90 Å². The van der Waals surface area contributed by atoms with Gasteiger partial charge in [-0.25, -0.2) is 4.98 Å². The van der Waals surface area contributed by atoms with Gasteiger partial charge in [0.05, 0.1) is 5.69 Å². The molecule has 1 heterocycles. The molecule has 0 aliphatic heterocycles. The Morgan fingerprint density at radius 1 is 1.11 bits per heavy atom. The topological polar surface area (TPSA) is 37.8 Å². The number of para-hydroxylation sites is 1. The fraction of sp³-hybridized carbons (Fsp3) is 0.0909. The Bertz CT molecular complexity index is 577. The van der Waals surface area contributed by atoms with Crippen LogP contribution in [0.1, 0.15) is 0 Å². The van der Waals surface area contributed by atoms with E-state index >= 15 is 0 Å². The van der Waals surface area contributed by atoms with Crippen molar-refractivity contribution in [1.29, 1.82) is 0 Å². The van der Waals surface area contributed by atoms with Crippen molar-refractivity contribution in [1.82, 2.24) is 9.97 Å². The summed E-state index contributed by atoms with van der Waals surface area (Å²) in [4.78, 5) is 8.85. The third kappa shape index (κ3) is 3.01. The van der Waals surface area contributed by atoms with Gasteiger partial charge >= 0.3 is 0 Å². The molecule has 0 spiro atoms. The third-order valence-electron chi connectivity index (χ3n) is 2.14. The van der Waals surface area contributed by atoms with Crippen LogP contribution in [0.3, 0.4) is 0 Å². The summed E-state index contributed by atoms with van der Waals surface area (Å²) in [5, 5.41) is 3.52. The average molecular weight is 321 g/mol.